The molecule has 0 saturated heterocycles. The minimum atomic E-state index is 0.0684. The van der Waals surface area contributed by atoms with Gasteiger partial charge in [0, 0.05) is 11.1 Å². The first-order valence-corrected chi connectivity index (χ1v) is 11.9. The Hall–Kier alpha value is -4.90. The van der Waals surface area contributed by atoms with Gasteiger partial charge in [0.15, 0.2) is 0 Å². The molecule has 0 N–H and O–H groups in total. The highest BCUT2D eigenvalue weighted by Crippen LogP contribution is 2.54. The van der Waals surface area contributed by atoms with E-state index in [1.807, 2.05) is 12.1 Å². The van der Waals surface area contributed by atoms with Gasteiger partial charge in [-0.1, -0.05) is 64.1 Å². The summed E-state index contributed by atoms with van der Waals surface area (Å²) in [5.41, 5.74) is 11.0. The largest absolute Gasteiger partial charge is 0.270 e. The van der Waals surface area contributed by atoms with Crippen LogP contribution >= 0.6 is 0 Å². The van der Waals surface area contributed by atoms with Crippen LogP contribution in [-0.2, 0) is 0 Å². The fraction of sp³-hybridized carbons (Fsp3) is 0.188. The second kappa shape index (κ2) is 8.40. The predicted molar refractivity (Wildman–Crippen MR) is 142 cm³/mol. The molecule has 0 aromatic heterocycles. The summed E-state index contributed by atoms with van der Waals surface area (Å²) in [6.07, 6.45) is 0. The number of hydrogen-bond acceptors (Lipinski definition) is 2. The Kier molecular flexibility index (Phi) is 5.33. The second-order valence-corrected chi connectivity index (χ2v) is 9.76. The summed E-state index contributed by atoms with van der Waals surface area (Å²) in [7, 11) is 0. The SMILES string of the molecule is [C-]#[N+]/C(C#N)=C1/c2cc(C(C)C)ccc2-c2cc3c(cc21)-c1ccc(C(C)C)cc1/C3=C(/C#N)[N+]#[C-]. The highest BCUT2D eigenvalue weighted by molar-refractivity contribution is 6.10. The standard InChI is InChI=1S/C32H22N4/c1-17(2)19-7-9-21-23-13-28-24(14-27(23)31(25(21)11-19)29(15-33)35-5)22-10-8-20(18(3)4)12-26(22)32(28)30(16-34)36-6/h7-14,17-18H,1-4H3/b31-29-,32-30+. The average molecular weight is 463 g/mol. The van der Waals surface area contributed by atoms with E-state index in [-0.39, 0.29) is 11.4 Å². The molecular formula is C32H22N4. The zero-order chi connectivity index (χ0) is 25.7. The third kappa shape index (κ3) is 3.17. The lowest BCUT2D eigenvalue weighted by Gasteiger charge is -2.10. The zero-order valence-corrected chi connectivity index (χ0v) is 20.6. The van der Waals surface area contributed by atoms with Crippen molar-refractivity contribution in [3.63, 3.8) is 0 Å². The smallest absolute Gasteiger partial charge is 0.226 e. The maximum absolute atomic E-state index is 9.83. The normalized spacial score (nSPS) is 15.2. The van der Waals surface area contributed by atoms with Crippen LogP contribution in [0.15, 0.2) is 59.9 Å². The summed E-state index contributed by atoms with van der Waals surface area (Å²) in [5, 5.41) is 19.7. The van der Waals surface area contributed by atoms with E-state index >= 15 is 0 Å². The van der Waals surface area contributed by atoms with Gasteiger partial charge in [-0.05, 0) is 79.6 Å². The van der Waals surface area contributed by atoms with E-state index in [1.54, 1.807) is 0 Å². The summed E-state index contributed by atoms with van der Waals surface area (Å²) < 4.78 is 0. The van der Waals surface area contributed by atoms with Gasteiger partial charge in [-0.15, -0.1) is 0 Å². The van der Waals surface area contributed by atoms with Crippen LogP contribution in [0.3, 0.4) is 0 Å². The topological polar surface area (TPSA) is 56.3 Å². The van der Waals surface area contributed by atoms with Crippen LogP contribution in [-0.4, -0.2) is 0 Å². The third-order valence-electron chi connectivity index (χ3n) is 7.14. The first kappa shape index (κ1) is 22.9. The minimum Gasteiger partial charge on any atom is -0.226 e. The summed E-state index contributed by atoms with van der Waals surface area (Å²) in [6.45, 7) is 23.9. The van der Waals surface area contributed by atoms with Crippen LogP contribution in [0.25, 0.3) is 43.1 Å². The first-order valence-electron chi connectivity index (χ1n) is 11.9. The summed E-state index contributed by atoms with van der Waals surface area (Å²) >= 11 is 0. The summed E-state index contributed by atoms with van der Waals surface area (Å²) in [6, 6.07) is 20.8. The predicted octanol–water partition coefficient (Wildman–Crippen LogP) is 8.30. The molecule has 0 aliphatic heterocycles. The molecule has 3 aromatic rings. The van der Waals surface area contributed by atoms with Crippen molar-refractivity contribution in [3.8, 4) is 34.4 Å². The van der Waals surface area contributed by atoms with Crippen molar-refractivity contribution in [1.29, 1.82) is 10.5 Å². The molecule has 5 rings (SSSR count). The van der Waals surface area contributed by atoms with Crippen LogP contribution in [0, 0.1) is 35.8 Å². The molecule has 0 bridgehead atoms. The quantitative estimate of drug-likeness (QED) is 0.196. The van der Waals surface area contributed by atoms with E-state index in [4.69, 9.17) is 13.1 Å². The Balaban J connectivity index is 1.89. The Labute approximate surface area is 211 Å². The van der Waals surface area contributed by atoms with Gasteiger partial charge in [-0.25, -0.2) is 20.2 Å². The van der Waals surface area contributed by atoms with Gasteiger partial charge in [0.1, 0.15) is 0 Å². The van der Waals surface area contributed by atoms with Gasteiger partial charge in [0.05, 0.1) is 25.3 Å². The van der Waals surface area contributed by atoms with Gasteiger partial charge in [-0.2, -0.15) is 0 Å². The van der Waals surface area contributed by atoms with E-state index in [1.165, 1.54) is 0 Å². The molecule has 2 aliphatic rings. The van der Waals surface area contributed by atoms with Gasteiger partial charge in [0.25, 0.3) is 11.4 Å². The van der Waals surface area contributed by atoms with Crippen molar-refractivity contribution < 1.29 is 0 Å². The summed E-state index contributed by atoms with van der Waals surface area (Å²) in [4.78, 5) is 7.15. The van der Waals surface area contributed by atoms with E-state index in [0.29, 0.717) is 23.0 Å². The Bertz CT molecular complexity index is 1560. The molecule has 2 aliphatic carbocycles. The van der Waals surface area contributed by atoms with Crippen LogP contribution in [0.5, 0.6) is 0 Å². The van der Waals surface area contributed by atoms with Crippen molar-refractivity contribution >= 4 is 11.1 Å². The van der Waals surface area contributed by atoms with Gasteiger partial charge in [-0.3, -0.25) is 0 Å². The van der Waals surface area contributed by atoms with Crippen molar-refractivity contribution in [2.24, 2.45) is 0 Å². The van der Waals surface area contributed by atoms with Crippen molar-refractivity contribution in [2.75, 3.05) is 0 Å². The molecule has 0 spiro atoms. The summed E-state index contributed by atoms with van der Waals surface area (Å²) in [5.74, 6) is 0.606. The zero-order valence-electron chi connectivity index (χ0n) is 20.6. The van der Waals surface area contributed by atoms with Crippen molar-refractivity contribution in [2.45, 2.75) is 39.5 Å². The number of hydrogen-bond donors (Lipinski definition) is 0. The van der Waals surface area contributed by atoms with E-state index in [0.717, 1.165) is 55.6 Å². The van der Waals surface area contributed by atoms with Gasteiger partial charge in [0.2, 0.25) is 0 Å². The van der Waals surface area contributed by atoms with Crippen molar-refractivity contribution in [1.82, 2.24) is 0 Å². The van der Waals surface area contributed by atoms with Crippen molar-refractivity contribution in [3.05, 3.63) is 116 Å². The molecule has 170 valence electrons. The molecule has 0 atom stereocenters. The number of fused-ring (bicyclic) bond motifs is 6. The van der Waals surface area contributed by atoms with E-state index < -0.39 is 0 Å². The fourth-order valence-corrected chi connectivity index (χ4v) is 5.26. The highest BCUT2D eigenvalue weighted by atomic mass is 14.7. The number of rotatable bonds is 2. The Morgan fingerprint density at radius 2 is 0.944 bits per heavy atom. The molecule has 0 unspecified atom stereocenters. The highest BCUT2D eigenvalue weighted by Gasteiger charge is 2.33. The molecule has 0 fully saturated rings. The Morgan fingerprint density at radius 3 is 1.25 bits per heavy atom. The number of allylic oxidation sites excluding steroid dienone is 2. The van der Waals surface area contributed by atoms with Gasteiger partial charge < -0.3 is 0 Å². The van der Waals surface area contributed by atoms with E-state index in [2.05, 4.69) is 85.9 Å². The number of nitrogens with zero attached hydrogens (tertiary/aromatic N) is 4. The lowest BCUT2D eigenvalue weighted by molar-refractivity contribution is 0.866. The fourth-order valence-electron chi connectivity index (χ4n) is 5.26. The average Bonchev–Trinajstić information content (AvgIpc) is 3.36. The maximum Gasteiger partial charge on any atom is 0.270 e. The molecule has 0 heterocycles. The maximum atomic E-state index is 9.83. The minimum absolute atomic E-state index is 0.0684. The number of nitriles is 2. The first-order chi connectivity index (χ1) is 17.3. The Morgan fingerprint density at radius 1 is 0.583 bits per heavy atom. The lowest BCUT2D eigenvalue weighted by atomic mass is 9.94. The van der Waals surface area contributed by atoms with Crippen LogP contribution in [0.2, 0.25) is 0 Å². The molecule has 4 nitrogen and oxygen atoms in total. The molecular weight excluding hydrogens is 440 g/mol. The second-order valence-electron chi connectivity index (χ2n) is 9.76. The molecule has 0 amide bonds. The monoisotopic (exact) mass is 462 g/mol. The van der Waals surface area contributed by atoms with E-state index in [9.17, 15) is 10.5 Å². The molecule has 4 heteroatoms. The lowest BCUT2D eigenvalue weighted by Crippen LogP contribution is -1.91. The molecule has 0 radical (unpaired) electrons. The van der Waals surface area contributed by atoms with Crippen LogP contribution in [0.4, 0.5) is 0 Å². The third-order valence-corrected chi connectivity index (χ3v) is 7.14. The molecule has 3 aromatic carbocycles. The van der Waals surface area contributed by atoms with Gasteiger partial charge >= 0.3 is 0 Å². The van der Waals surface area contributed by atoms with Crippen LogP contribution in [0.1, 0.15) is 72.9 Å². The number of benzene rings is 3. The molecule has 36 heavy (non-hydrogen) atoms. The van der Waals surface area contributed by atoms with Crippen LogP contribution < -0.4 is 0 Å². The molecule has 0 saturated carbocycles.